The predicted octanol–water partition coefficient (Wildman–Crippen LogP) is 2.64. The summed E-state index contributed by atoms with van der Waals surface area (Å²) in [5.74, 6) is -4.10. The van der Waals surface area contributed by atoms with E-state index in [1.165, 1.54) is 0 Å². The third-order valence-corrected chi connectivity index (χ3v) is 5.65. The van der Waals surface area contributed by atoms with Crippen LogP contribution < -0.4 is 4.74 Å². The van der Waals surface area contributed by atoms with E-state index < -0.39 is 75.5 Å². The first-order valence-electron chi connectivity index (χ1n) is 9.72. The van der Waals surface area contributed by atoms with E-state index in [1.807, 2.05) is 0 Å². The highest BCUT2D eigenvalue weighted by molar-refractivity contribution is 9.10. The fourth-order valence-corrected chi connectivity index (χ4v) is 4.34. The van der Waals surface area contributed by atoms with Crippen LogP contribution in [0.4, 0.5) is 13.2 Å². The number of hydrogen-bond acceptors (Lipinski definition) is 10. The minimum atomic E-state index is -5.22. The van der Waals surface area contributed by atoms with Gasteiger partial charge in [-0.1, -0.05) is 15.9 Å². The van der Waals surface area contributed by atoms with Crippen LogP contribution in [0.5, 0.6) is 5.75 Å². The van der Waals surface area contributed by atoms with Crippen molar-refractivity contribution >= 4 is 44.0 Å². The van der Waals surface area contributed by atoms with Crippen LogP contribution in [0.1, 0.15) is 32.3 Å². The van der Waals surface area contributed by atoms with Crippen LogP contribution in [0.15, 0.2) is 21.5 Å². The minimum absolute atomic E-state index is 0.0637. The number of hydrogen-bond donors (Lipinski definition) is 1. The van der Waals surface area contributed by atoms with Gasteiger partial charge in [0.15, 0.2) is 12.0 Å². The van der Waals surface area contributed by atoms with Gasteiger partial charge in [0.25, 0.3) is 10.1 Å². The number of halogens is 4. The summed E-state index contributed by atoms with van der Waals surface area (Å²) in [6.07, 6.45) is -7.80. The predicted molar refractivity (Wildman–Crippen MR) is 111 cm³/mol. The van der Waals surface area contributed by atoms with Crippen LogP contribution in [0.3, 0.4) is 0 Å². The molecule has 0 radical (unpaired) electrons. The lowest BCUT2D eigenvalue weighted by Crippen LogP contribution is -2.42. The standard InChI is InChI=1S/C19H20BrF3O11S/c1-9(24)30-7-13-5-12(32-10(2)25)6-17(33-13)31-8-16(26)34-18-14(19(21,22)23)3-11(20)4-15(18)35(27,28)29/h3-4,12-13,17H,5-8H2,1-2H3,(H,27,28,29). The Hall–Kier alpha value is -2.27. The van der Waals surface area contributed by atoms with Crippen LogP contribution in [-0.4, -0.2) is 62.6 Å². The Bertz CT molecular complexity index is 1070. The molecule has 0 aromatic heterocycles. The summed E-state index contributed by atoms with van der Waals surface area (Å²) in [4.78, 5) is 33.3. The lowest BCUT2D eigenvalue weighted by atomic mass is 10.1. The number of carbonyl (C=O) groups excluding carboxylic acids is 3. The molecule has 1 aromatic rings. The number of ether oxygens (including phenoxy) is 5. The van der Waals surface area contributed by atoms with Crippen molar-refractivity contribution < 1.29 is 64.2 Å². The van der Waals surface area contributed by atoms with Crippen molar-refractivity contribution in [2.24, 2.45) is 0 Å². The number of carbonyl (C=O) groups is 3. The van der Waals surface area contributed by atoms with Crippen molar-refractivity contribution in [3.63, 3.8) is 0 Å². The summed E-state index contributed by atoms with van der Waals surface area (Å²) in [7, 11) is -5.22. The van der Waals surface area contributed by atoms with Gasteiger partial charge in [0.2, 0.25) is 0 Å². The topological polar surface area (TPSA) is 152 Å². The highest BCUT2D eigenvalue weighted by atomic mass is 79.9. The van der Waals surface area contributed by atoms with Crippen LogP contribution in [-0.2, 0) is 49.6 Å². The summed E-state index contributed by atoms with van der Waals surface area (Å²) in [6, 6.07) is 1.09. The van der Waals surface area contributed by atoms with Crippen molar-refractivity contribution in [2.75, 3.05) is 13.2 Å². The van der Waals surface area contributed by atoms with Gasteiger partial charge < -0.3 is 23.7 Å². The van der Waals surface area contributed by atoms with Crippen LogP contribution in [0.25, 0.3) is 0 Å². The van der Waals surface area contributed by atoms with Gasteiger partial charge in [0.1, 0.15) is 29.8 Å². The number of esters is 3. The largest absolute Gasteiger partial charge is 0.463 e. The zero-order chi connectivity index (χ0) is 26.6. The van der Waals surface area contributed by atoms with E-state index in [-0.39, 0.29) is 23.9 Å². The first-order valence-corrected chi connectivity index (χ1v) is 12.0. The van der Waals surface area contributed by atoms with Crippen LogP contribution in [0.2, 0.25) is 0 Å². The second kappa shape index (κ2) is 11.6. The van der Waals surface area contributed by atoms with Crippen molar-refractivity contribution in [1.29, 1.82) is 0 Å². The number of alkyl halides is 3. The molecule has 3 unspecified atom stereocenters. The van der Waals surface area contributed by atoms with Crippen LogP contribution in [0, 0.1) is 0 Å². The third kappa shape index (κ3) is 9.03. The molecule has 0 bridgehead atoms. The Morgan fingerprint density at radius 3 is 2.37 bits per heavy atom. The van der Waals surface area contributed by atoms with E-state index in [4.69, 9.17) is 18.9 Å². The summed E-state index contributed by atoms with van der Waals surface area (Å²) in [5.41, 5.74) is -1.64. The summed E-state index contributed by atoms with van der Waals surface area (Å²) < 4.78 is 97.7. The molecule has 0 spiro atoms. The molecule has 35 heavy (non-hydrogen) atoms. The highest BCUT2D eigenvalue weighted by Gasteiger charge is 2.39. The van der Waals surface area contributed by atoms with Crippen LogP contribution >= 0.6 is 15.9 Å². The van der Waals surface area contributed by atoms with Gasteiger partial charge in [0.05, 0.1) is 6.10 Å². The van der Waals surface area contributed by atoms with Gasteiger partial charge in [0, 0.05) is 31.2 Å². The Labute approximate surface area is 205 Å². The Kier molecular flexibility index (Phi) is 9.63. The Balaban J connectivity index is 2.17. The molecule has 1 heterocycles. The average Bonchev–Trinajstić information content (AvgIpc) is 2.69. The maximum Gasteiger partial charge on any atom is 0.420 e. The zero-order valence-electron chi connectivity index (χ0n) is 18.2. The average molecular weight is 593 g/mol. The lowest BCUT2D eigenvalue weighted by Gasteiger charge is -2.34. The number of benzene rings is 1. The van der Waals surface area contributed by atoms with E-state index in [9.17, 15) is 40.5 Å². The third-order valence-electron chi connectivity index (χ3n) is 4.34. The fraction of sp³-hybridized carbons (Fsp3) is 0.526. The minimum Gasteiger partial charge on any atom is -0.463 e. The maximum absolute atomic E-state index is 13.4. The second-order valence-electron chi connectivity index (χ2n) is 7.23. The summed E-state index contributed by atoms with van der Waals surface area (Å²) in [5, 5.41) is 0. The van der Waals surface area contributed by atoms with Gasteiger partial charge in [-0.15, -0.1) is 0 Å². The molecule has 1 saturated heterocycles. The molecule has 1 N–H and O–H groups in total. The molecular weight excluding hydrogens is 573 g/mol. The molecular formula is C19H20BrF3O11S. The molecule has 11 nitrogen and oxygen atoms in total. The normalized spacial score (nSPS) is 20.7. The monoisotopic (exact) mass is 592 g/mol. The molecule has 0 saturated carbocycles. The van der Waals surface area contributed by atoms with Gasteiger partial charge in [-0.05, 0) is 12.1 Å². The van der Waals surface area contributed by atoms with Gasteiger partial charge >= 0.3 is 24.1 Å². The molecule has 3 atom stereocenters. The SMILES string of the molecule is CC(=O)OCC1CC(OC(C)=O)CC(OCC(=O)Oc2c(C(F)(F)F)cc(Br)cc2S(=O)(=O)O)O1. The summed E-state index contributed by atoms with van der Waals surface area (Å²) >= 11 is 2.71. The quantitative estimate of drug-likeness (QED) is 0.269. The first kappa shape index (κ1) is 29.0. The second-order valence-corrected chi connectivity index (χ2v) is 9.54. The fourth-order valence-electron chi connectivity index (χ4n) is 3.07. The summed E-state index contributed by atoms with van der Waals surface area (Å²) in [6.45, 7) is 1.10. The first-order chi connectivity index (χ1) is 16.1. The smallest absolute Gasteiger partial charge is 0.420 e. The van der Waals surface area contributed by atoms with Gasteiger partial charge in [-0.25, -0.2) is 4.79 Å². The highest BCUT2D eigenvalue weighted by Crippen LogP contribution is 2.42. The molecule has 0 amide bonds. The van der Waals surface area contributed by atoms with Crippen molar-refractivity contribution in [1.82, 2.24) is 0 Å². The Morgan fingerprint density at radius 2 is 1.83 bits per heavy atom. The van der Waals surface area contributed by atoms with Gasteiger partial charge in [-0.2, -0.15) is 21.6 Å². The molecule has 1 aliphatic heterocycles. The molecule has 16 heteroatoms. The number of rotatable bonds is 8. The molecule has 1 aliphatic rings. The van der Waals surface area contributed by atoms with Gasteiger partial charge in [-0.3, -0.25) is 14.1 Å². The van der Waals surface area contributed by atoms with Crippen molar-refractivity contribution in [3.8, 4) is 5.75 Å². The van der Waals surface area contributed by atoms with Crippen molar-refractivity contribution in [2.45, 2.75) is 56.3 Å². The molecule has 2 rings (SSSR count). The zero-order valence-corrected chi connectivity index (χ0v) is 20.6. The lowest BCUT2D eigenvalue weighted by molar-refractivity contribution is -0.230. The molecule has 0 aliphatic carbocycles. The molecule has 1 fully saturated rings. The van der Waals surface area contributed by atoms with E-state index in [0.717, 1.165) is 13.8 Å². The molecule has 196 valence electrons. The molecule has 1 aromatic carbocycles. The van der Waals surface area contributed by atoms with E-state index >= 15 is 0 Å². The van der Waals surface area contributed by atoms with E-state index in [1.54, 1.807) is 0 Å². The van der Waals surface area contributed by atoms with E-state index in [2.05, 4.69) is 20.7 Å². The maximum atomic E-state index is 13.4. The van der Waals surface area contributed by atoms with E-state index in [0.29, 0.717) is 12.1 Å². The van der Waals surface area contributed by atoms with Crippen molar-refractivity contribution in [3.05, 3.63) is 22.2 Å². The Morgan fingerprint density at radius 1 is 1.17 bits per heavy atom.